The summed E-state index contributed by atoms with van der Waals surface area (Å²) in [5.41, 5.74) is 1.16. The number of aliphatic hydroxyl groups excluding tert-OH is 1. The third-order valence-corrected chi connectivity index (χ3v) is 3.21. The molecule has 0 bridgehead atoms. The maximum absolute atomic E-state index is 13.8. The van der Waals surface area contributed by atoms with E-state index in [9.17, 15) is 9.50 Å². The molecule has 2 aromatic rings. The van der Waals surface area contributed by atoms with Crippen molar-refractivity contribution in [3.63, 3.8) is 0 Å². The zero-order valence-electron chi connectivity index (χ0n) is 10.4. The number of aryl methyl sites for hydroxylation is 1. The number of hydrogen-bond acceptors (Lipinski definition) is 5. The highest BCUT2D eigenvalue weighted by Crippen LogP contribution is 2.26. The fourth-order valence-electron chi connectivity index (χ4n) is 2.19. The summed E-state index contributed by atoms with van der Waals surface area (Å²) in [6, 6.07) is 4.70. The number of hydrogen-bond donors (Lipinski definition) is 2. The van der Waals surface area contributed by atoms with Gasteiger partial charge in [0.25, 0.3) is 0 Å². The van der Waals surface area contributed by atoms with E-state index in [0.717, 1.165) is 5.56 Å². The Morgan fingerprint density at radius 2 is 2.32 bits per heavy atom. The largest absolute Gasteiger partial charge is 0.392 e. The first-order valence-corrected chi connectivity index (χ1v) is 6.15. The summed E-state index contributed by atoms with van der Waals surface area (Å²) < 4.78 is 18.9. The van der Waals surface area contributed by atoms with Crippen LogP contribution in [0.5, 0.6) is 0 Å². The van der Waals surface area contributed by atoms with Crippen molar-refractivity contribution < 1.29 is 14.0 Å². The fourth-order valence-corrected chi connectivity index (χ4v) is 2.19. The van der Waals surface area contributed by atoms with E-state index in [4.69, 9.17) is 4.52 Å². The molecule has 1 fully saturated rings. The molecule has 5 nitrogen and oxygen atoms in total. The molecule has 1 aromatic carbocycles. The topological polar surface area (TPSA) is 71.2 Å². The highest BCUT2D eigenvalue weighted by atomic mass is 19.1. The predicted octanol–water partition coefficient (Wildman–Crippen LogP) is 1.58. The van der Waals surface area contributed by atoms with Crippen LogP contribution in [0, 0.1) is 12.7 Å². The Labute approximate surface area is 109 Å². The Morgan fingerprint density at radius 1 is 1.47 bits per heavy atom. The predicted molar refractivity (Wildman–Crippen MR) is 65.8 cm³/mol. The molecule has 0 amide bonds. The van der Waals surface area contributed by atoms with E-state index in [1.165, 1.54) is 6.07 Å². The second kappa shape index (κ2) is 4.71. The molecular formula is C13H14FN3O2. The maximum Gasteiger partial charge on any atom is 0.244 e. The number of nitrogens with zero attached hydrogens (tertiary/aromatic N) is 2. The van der Waals surface area contributed by atoms with Gasteiger partial charge in [-0.25, -0.2) is 4.39 Å². The number of rotatable bonds is 2. The van der Waals surface area contributed by atoms with Gasteiger partial charge in [0.2, 0.25) is 11.7 Å². The standard InChI is InChI=1S/C13H14FN3O2/c1-7-2-3-9(10(14)4-7)12-16-13(19-17-12)11-5-8(18)6-15-11/h2-4,8,11,15,18H,5-6H2,1H3/t8-,11-/m1/s1. The van der Waals surface area contributed by atoms with E-state index in [-0.39, 0.29) is 17.7 Å². The van der Waals surface area contributed by atoms with Crippen molar-refractivity contribution in [3.8, 4) is 11.4 Å². The average molecular weight is 263 g/mol. The zero-order chi connectivity index (χ0) is 13.4. The van der Waals surface area contributed by atoms with Crippen LogP contribution in [0.2, 0.25) is 0 Å². The van der Waals surface area contributed by atoms with Gasteiger partial charge in [0.15, 0.2) is 0 Å². The third-order valence-electron chi connectivity index (χ3n) is 3.21. The lowest BCUT2D eigenvalue weighted by Gasteiger charge is -2.01. The molecule has 1 aliphatic heterocycles. The van der Waals surface area contributed by atoms with Crippen LogP contribution in [0.25, 0.3) is 11.4 Å². The Morgan fingerprint density at radius 3 is 3.00 bits per heavy atom. The lowest BCUT2D eigenvalue weighted by molar-refractivity contribution is 0.191. The Bertz CT molecular complexity index is 599. The molecule has 1 aliphatic rings. The van der Waals surface area contributed by atoms with Crippen molar-refractivity contribution in [2.75, 3.05) is 6.54 Å². The van der Waals surface area contributed by atoms with E-state index < -0.39 is 6.10 Å². The zero-order valence-corrected chi connectivity index (χ0v) is 10.4. The SMILES string of the molecule is Cc1ccc(-c2noc([C@H]3C[C@@H](O)CN3)n2)c(F)c1. The van der Waals surface area contributed by atoms with Crippen LogP contribution in [0.3, 0.4) is 0 Å². The summed E-state index contributed by atoms with van der Waals surface area (Å²) in [6.45, 7) is 2.32. The Balaban J connectivity index is 1.88. The number of aromatic nitrogens is 2. The molecule has 6 heteroatoms. The first-order valence-electron chi connectivity index (χ1n) is 6.15. The van der Waals surface area contributed by atoms with Crippen molar-refractivity contribution in [2.45, 2.75) is 25.5 Å². The highest BCUT2D eigenvalue weighted by molar-refractivity contribution is 5.55. The summed E-state index contributed by atoms with van der Waals surface area (Å²) in [5, 5.41) is 16.3. The monoisotopic (exact) mass is 263 g/mol. The minimum absolute atomic E-state index is 0.162. The molecule has 0 aliphatic carbocycles. The number of nitrogens with one attached hydrogen (secondary N) is 1. The number of benzene rings is 1. The van der Waals surface area contributed by atoms with Gasteiger partial charge >= 0.3 is 0 Å². The Hall–Kier alpha value is -1.79. The van der Waals surface area contributed by atoms with E-state index >= 15 is 0 Å². The van der Waals surface area contributed by atoms with Gasteiger partial charge in [0.05, 0.1) is 17.7 Å². The summed E-state index contributed by atoms with van der Waals surface area (Å²) in [6.07, 6.45) is 0.120. The second-order valence-corrected chi connectivity index (χ2v) is 4.79. The van der Waals surface area contributed by atoms with E-state index in [0.29, 0.717) is 24.4 Å². The molecule has 0 unspecified atom stereocenters. The quantitative estimate of drug-likeness (QED) is 0.860. The van der Waals surface area contributed by atoms with Gasteiger partial charge in [-0.1, -0.05) is 11.2 Å². The van der Waals surface area contributed by atoms with Crippen LogP contribution in [0.15, 0.2) is 22.7 Å². The van der Waals surface area contributed by atoms with Crippen LogP contribution >= 0.6 is 0 Å². The first kappa shape index (κ1) is 12.3. The summed E-state index contributed by atoms with van der Waals surface area (Å²) in [4.78, 5) is 4.20. The fraction of sp³-hybridized carbons (Fsp3) is 0.385. The number of halogens is 1. The highest BCUT2D eigenvalue weighted by Gasteiger charge is 2.28. The molecule has 2 heterocycles. The summed E-state index contributed by atoms with van der Waals surface area (Å²) in [7, 11) is 0. The van der Waals surface area contributed by atoms with Gasteiger partial charge < -0.3 is 14.9 Å². The van der Waals surface area contributed by atoms with Gasteiger partial charge in [-0.05, 0) is 31.0 Å². The molecule has 3 rings (SSSR count). The van der Waals surface area contributed by atoms with Crippen molar-refractivity contribution in [1.82, 2.24) is 15.5 Å². The Kier molecular flexibility index (Phi) is 3.04. The van der Waals surface area contributed by atoms with Gasteiger partial charge in [-0.15, -0.1) is 0 Å². The van der Waals surface area contributed by atoms with Crippen LogP contribution in [-0.4, -0.2) is 27.9 Å². The van der Waals surface area contributed by atoms with Gasteiger partial charge in [0.1, 0.15) is 5.82 Å². The van der Waals surface area contributed by atoms with E-state index in [1.807, 2.05) is 6.92 Å². The molecule has 1 aromatic heterocycles. The van der Waals surface area contributed by atoms with Crippen molar-refractivity contribution in [1.29, 1.82) is 0 Å². The summed E-state index contributed by atoms with van der Waals surface area (Å²) >= 11 is 0. The van der Waals surface area contributed by atoms with E-state index in [2.05, 4.69) is 15.5 Å². The lowest BCUT2D eigenvalue weighted by Crippen LogP contribution is -2.15. The van der Waals surface area contributed by atoms with Gasteiger partial charge in [-0.3, -0.25) is 0 Å². The van der Waals surface area contributed by atoms with Crippen molar-refractivity contribution in [2.24, 2.45) is 0 Å². The van der Waals surface area contributed by atoms with Crippen LogP contribution < -0.4 is 5.32 Å². The smallest absolute Gasteiger partial charge is 0.244 e. The van der Waals surface area contributed by atoms with Gasteiger partial charge in [0, 0.05) is 6.54 Å². The van der Waals surface area contributed by atoms with Crippen molar-refractivity contribution >= 4 is 0 Å². The van der Waals surface area contributed by atoms with Crippen LogP contribution in [0.1, 0.15) is 23.9 Å². The molecule has 100 valence electrons. The number of aliphatic hydroxyl groups is 1. The maximum atomic E-state index is 13.8. The molecule has 0 saturated carbocycles. The minimum Gasteiger partial charge on any atom is -0.392 e. The molecular weight excluding hydrogens is 249 g/mol. The van der Waals surface area contributed by atoms with Gasteiger partial charge in [-0.2, -0.15) is 4.98 Å². The lowest BCUT2D eigenvalue weighted by atomic mass is 10.1. The second-order valence-electron chi connectivity index (χ2n) is 4.79. The van der Waals surface area contributed by atoms with Crippen molar-refractivity contribution in [3.05, 3.63) is 35.5 Å². The minimum atomic E-state index is -0.406. The number of β-amino-alcohol motifs (C(OH)–C–C–N with tert-alkyl or cyclic N) is 1. The molecule has 1 saturated heterocycles. The van der Waals surface area contributed by atoms with Crippen LogP contribution in [0.4, 0.5) is 4.39 Å². The summed E-state index contributed by atoms with van der Waals surface area (Å²) in [5.74, 6) is 0.244. The van der Waals surface area contributed by atoms with E-state index in [1.54, 1.807) is 12.1 Å². The normalized spacial score (nSPS) is 22.9. The molecule has 0 spiro atoms. The molecule has 0 radical (unpaired) electrons. The first-order chi connectivity index (χ1) is 9.13. The molecule has 19 heavy (non-hydrogen) atoms. The average Bonchev–Trinajstić information content (AvgIpc) is 2.97. The van der Waals surface area contributed by atoms with Crippen LogP contribution in [-0.2, 0) is 0 Å². The molecule has 2 N–H and O–H groups in total. The third kappa shape index (κ3) is 2.36. The molecule has 2 atom stereocenters.